The van der Waals surface area contributed by atoms with Gasteiger partial charge in [0.05, 0.1) is 25.5 Å². The molecule has 0 saturated carbocycles. The van der Waals surface area contributed by atoms with E-state index in [2.05, 4.69) is 4.90 Å². The third-order valence-electron chi connectivity index (χ3n) is 4.69. The van der Waals surface area contributed by atoms with Gasteiger partial charge >= 0.3 is 0 Å². The molecule has 0 radical (unpaired) electrons. The molecule has 1 aromatic carbocycles. The zero-order valence-corrected chi connectivity index (χ0v) is 14.7. The molecule has 140 valence electrons. The van der Waals surface area contributed by atoms with Crippen molar-refractivity contribution >= 4 is 5.91 Å². The van der Waals surface area contributed by atoms with Gasteiger partial charge in [0.15, 0.2) is 11.6 Å². The SMILES string of the molecule is COc1c(F)cccc1C(=O)N1CCN(Cc2ccco2)[C@H](CCO)C1. The lowest BCUT2D eigenvalue weighted by atomic mass is 10.1. The second kappa shape index (κ2) is 8.33. The van der Waals surface area contributed by atoms with Crippen molar-refractivity contribution in [1.82, 2.24) is 9.80 Å². The molecule has 7 heteroatoms. The van der Waals surface area contributed by atoms with E-state index < -0.39 is 5.82 Å². The van der Waals surface area contributed by atoms with Gasteiger partial charge in [-0.1, -0.05) is 6.07 Å². The lowest BCUT2D eigenvalue weighted by Crippen LogP contribution is -2.54. The Morgan fingerprint density at radius 1 is 1.35 bits per heavy atom. The number of amides is 1. The van der Waals surface area contributed by atoms with Crippen molar-refractivity contribution in [1.29, 1.82) is 0 Å². The van der Waals surface area contributed by atoms with Gasteiger partial charge in [-0.3, -0.25) is 9.69 Å². The maximum atomic E-state index is 13.9. The maximum Gasteiger partial charge on any atom is 0.257 e. The van der Waals surface area contributed by atoms with E-state index >= 15 is 0 Å². The zero-order valence-electron chi connectivity index (χ0n) is 14.7. The Kier molecular flexibility index (Phi) is 5.90. The molecule has 1 aliphatic heterocycles. The Morgan fingerprint density at radius 3 is 2.88 bits per heavy atom. The molecular weight excluding hydrogens is 339 g/mol. The highest BCUT2D eigenvalue weighted by Gasteiger charge is 2.31. The minimum Gasteiger partial charge on any atom is -0.493 e. The molecule has 26 heavy (non-hydrogen) atoms. The van der Waals surface area contributed by atoms with Crippen LogP contribution in [0.3, 0.4) is 0 Å². The largest absolute Gasteiger partial charge is 0.493 e. The first-order valence-electron chi connectivity index (χ1n) is 8.63. The van der Waals surface area contributed by atoms with Gasteiger partial charge in [0.2, 0.25) is 0 Å². The summed E-state index contributed by atoms with van der Waals surface area (Å²) in [6, 6.07) is 8.09. The van der Waals surface area contributed by atoms with Crippen LogP contribution in [-0.4, -0.2) is 60.2 Å². The summed E-state index contributed by atoms with van der Waals surface area (Å²) < 4.78 is 24.4. The molecule has 0 unspecified atom stereocenters. The number of carbonyl (C=O) groups is 1. The van der Waals surface area contributed by atoms with Crippen molar-refractivity contribution in [2.75, 3.05) is 33.4 Å². The van der Waals surface area contributed by atoms with Crippen LogP contribution in [0, 0.1) is 5.82 Å². The van der Waals surface area contributed by atoms with E-state index in [0.717, 1.165) is 5.76 Å². The molecule has 6 nitrogen and oxygen atoms in total. The number of carbonyl (C=O) groups excluding carboxylic acids is 1. The lowest BCUT2D eigenvalue weighted by Gasteiger charge is -2.41. The number of ether oxygens (including phenoxy) is 1. The Balaban J connectivity index is 1.74. The number of benzene rings is 1. The first-order valence-corrected chi connectivity index (χ1v) is 8.63. The van der Waals surface area contributed by atoms with Crippen molar-refractivity contribution in [3.8, 4) is 5.75 Å². The van der Waals surface area contributed by atoms with Crippen molar-refractivity contribution in [3.05, 3.63) is 53.7 Å². The van der Waals surface area contributed by atoms with Crippen LogP contribution in [0.2, 0.25) is 0 Å². The number of nitrogens with zero attached hydrogens (tertiary/aromatic N) is 2. The van der Waals surface area contributed by atoms with Crippen LogP contribution in [0.25, 0.3) is 0 Å². The van der Waals surface area contributed by atoms with Crippen molar-refractivity contribution in [2.24, 2.45) is 0 Å². The summed E-state index contributed by atoms with van der Waals surface area (Å²) >= 11 is 0. The van der Waals surface area contributed by atoms with Crippen LogP contribution in [-0.2, 0) is 6.54 Å². The van der Waals surface area contributed by atoms with E-state index in [0.29, 0.717) is 32.6 Å². The van der Waals surface area contributed by atoms with Crippen molar-refractivity contribution in [3.63, 3.8) is 0 Å². The quantitative estimate of drug-likeness (QED) is 0.853. The van der Waals surface area contributed by atoms with Gasteiger partial charge in [-0.25, -0.2) is 4.39 Å². The predicted octanol–water partition coefficient (Wildman–Crippen LogP) is 2.14. The van der Waals surface area contributed by atoms with E-state index in [1.807, 2.05) is 12.1 Å². The third-order valence-corrected chi connectivity index (χ3v) is 4.69. The number of hydrogen-bond donors (Lipinski definition) is 1. The van der Waals surface area contributed by atoms with Crippen LogP contribution in [0.5, 0.6) is 5.75 Å². The Labute approximate surface area is 151 Å². The minimum absolute atomic E-state index is 0.00218. The summed E-state index contributed by atoms with van der Waals surface area (Å²) in [5.74, 6) is -0.00242. The number of methoxy groups -OCH3 is 1. The van der Waals surface area contributed by atoms with Gasteiger partial charge in [0, 0.05) is 32.3 Å². The van der Waals surface area contributed by atoms with E-state index in [-0.39, 0.29) is 29.9 Å². The zero-order chi connectivity index (χ0) is 18.5. The number of furan rings is 1. The topological polar surface area (TPSA) is 66.2 Å². The Morgan fingerprint density at radius 2 is 2.19 bits per heavy atom. The smallest absolute Gasteiger partial charge is 0.257 e. The number of hydrogen-bond acceptors (Lipinski definition) is 5. The fourth-order valence-corrected chi connectivity index (χ4v) is 3.37. The highest BCUT2D eigenvalue weighted by Crippen LogP contribution is 2.25. The summed E-state index contributed by atoms with van der Waals surface area (Å²) in [6.07, 6.45) is 2.18. The molecule has 2 aromatic rings. The van der Waals surface area contributed by atoms with Crippen molar-refractivity contribution < 1.29 is 23.4 Å². The van der Waals surface area contributed by atoms with Crippen molar-refractivity contribution in [2.45, 2.75) is 19.0 Å². The van der Waals surface area contributed by atoms with Crippen LogP contribution in [0.4, 0.5) is 4.39 Å². The standard InChI is InChI=1S/C19H23FN2O4/c1-25-18-16(5-2-6-17(18)20)19(24)22-9-8-21(14(12-22)7-10-23)13-15-4-3-11-26-15/h2-6,11,14,23H,7-10,12-13H2,1H3/t14-/m1/s1. The number of halogens is 1. The second-order valence-corrected chi connectivity index (χ2v) is 6.29. The van der Waals surface area contributed by atoms with Crippen LogP contribution >= 0.6 is 0 Å². The predicted molar refractivity (Wildman–Crippen MR) is 93.5 cm³/mol. The average molecular weight is 362 g/mol. The van der Waals surface area contributed by atoms with Gasteiger partial charge in [0.1, 0.15) is 5.76 Å². The molecule has 2 heterocycles. The molecule has 1 aliphatic rings. The highest BCUT2D eigenvalue weighted by atomic mass is 19.1. The van der Waals surface area contributed by atoms with Gasteiger partial charge in [-0.2, -0.15) is 0 Å². The van der Waals surface area contributed by atoms with Crippen LogP contribution in [0.1, 0.15) is 22.5 Å². The summed E-state index contributed by atoms with van der Waals surface area (Å²) in [4.78, 5) is 16.8. The molecule has 0 spiro atoms. The Hall–Kier alpha value is -2.38. The molecule has 0 aliphatic carbocycles. The minimum atomic E-state index is -0.554. The van der Waals surface area contributed by atoms with E-state index in [4.69, 9.17) is 9.15 Å². The summed E-state index contributed by atoms with van der Waals surface area (Å²) in [5, 5.41) is 9.40. The summed E-state index contributed by atoms with van der Waals surface area (Å²) in [7, 11) is 1.35. The van der Waals surface area contributed by atoms with E-state index in [1.165, 1.54) is 19.2 Å². The first kappa shape index (κ1) is 18.4. The van der Waals surface area contributed by atoms with Gasteiger partial charge in [-0.15, -0.1) is 0 Å². The first-order chi connectivity index (χ1) is 12.6. The van der Waals surface area contributed by atoms with Gasteiger partial charge in [-0.05, 0) is 30.7 Å². The van der Waals surface area contributed by atoms with E-state index in [1.54, 1.807) is 17.2 Å². The van der Waals surface area contributed by atoms with Gasteiger partial charge < -0.3 is 19.2 Å². The third kappa shape index (κ3) is 3.89. The number of para-hydroxylation sites is 1. The van der Waals surface area contributed by atoms with Crippen LogP contribution in [0.15, 0.2) is 41.0 Å². The lowest BCUT2D eigenvalue weighted by molar-refractivity contribution is 0.0370. The summed E-state index contributed by atoms with van der Waals surface area (Å²) in [6.45, 7) is 2.28. The molecule has 1 aromatic heterocycles. The summed E-state index contributed by atoms with van der Waals surface area (Å²) in [5.41, 5.74) is 0.217. The number of aliphatic hydroxyl groups excluding tert-OH is 1. The molecule has 1 atom stereocenters. The molecule has 0 bridgehead atoms. The molecule has 1 fully saturated rings. The maximum absolute atomic E-state index is 13.9. The number of aliphatic hydroxyl groups is 1. The normalized spacial score (nSPS) is 18.1. The second-order valence-electron chi connectivity index (χ2n) is 6.29. The number of rotatable bonds is 6. The fraction of sp³-hybridized carbons (Fsp3) is 0.421. The molecule has 1 N–H and O–H groups in total. The average Bonchev–Trinajstić information content (AvgIpc) is 3.15. The molecule has 1 saturated heterocycles. The monoisotopic (exact) mass is 362 g/mol. The Bertz CT molecular complexity index is 735. The molecule has 3 rings (SSSR count). The van der Waals surface area contributed by atoms with Crippen LogP contribution < -0.4 is 4.74 Å². The highest BCUT2D eigenvalue weighted by molar-refractivity contribution is 5.97. The molecular formula is C19H23FN2O4. The van der Waals surface area contributed by atoms with Gasteiger partial charge in [0.25, 0.3) is 5.91 Å². The van der Waals surface area contributed by atoms with E-state index in [9.17, 15) is 14.3 Å². The number of piperazine rings is 1. The molecule has 1 amide bonds. The fourth-order valence-electron chi connectivity index (χ4n) is 3.37.